The normalized spacial score (nSPS) is 11.8. The van der Waals surface area contributed by atoms with E-state index in [1.807, 2.05) is 0 Å². The molecule has 0 unspecified atom stereocenters. The largest absolute Gasteiger partial charge is 0.545 e. The van der Waals surface area contributed by atoms with Gasteiger partial charge in [-0.2, -0.15) is 4.31 Å². The molecule has 0 aromatic heterocycles. The van der Waals surface area contributed by atoms with Gasteiger partial charge in [0.25, 0.3) is 0 Å². The number of hydrogen-bond donors (Lipinski definition) is 0. The van der Waals surface area contributed by atoms with Gasteiger partial charge in [-0.25, -0.2) is 8.42 Å². The zero-order valence-corrected chi connectivity index (χ0v) is 11.6. The third kappa shape index (κ3) is 2.82. The minimum atomic E-state index is -3.69. The Labute approximate surface area is 111 Å². The summed E-state index contributed by atoms with van der Waals surface area (Å²) in [5.74, 6) is -1.50. The molecule has 0 fully saturated rings. The molecule has 1 aromatic rings. The summed E-state index contributed by atoms with van der Waals surface area (Å²) in [5, 5.41) is 10.8. The van der Waals surface area contributed by atoms with Crippen LogP contribution in [0, 0.1) is 0 Å². The molecule has 18 heavy (non-hydrogen) atoms. The number of nitrogens with zero attached hydrogens (tertiary/aromatic N) is 1. The van der Waals surface area contributed by atoms with Crippen LogP contribution >= 0.6 is 11.6 Å². The number of carbonyl (C=O) groups excluding carboxylic acids is 1. The molecule has 1 rings (SSSR count). The van der Waals surface area contributed by atoms with Crippen molar-refractivity contribution in [2.24, 2.45) is 0 Å². The molecule has 0 aliphatic rings. The Bertz CT molecular complexity index is 552. The Morgan fingerprint density at radius 3 is 2.33 bits per heavy atom. The third-order valence-electron chi connectivity index (χ3n) is 2.50. The minimum absolute atomic E-state index is 0.0477. The summed E-state index contributed by atoms with van der Waals surface area (Å²) >= 11 is 5.66. The maximum absolute atomic E-state index is 12.2. The van der Waals surface area contributed by atoms with Gasteiger partial charge in [-0.05, 0) is 18.2 Å². The van der Waals surface area contributed by atoms with Crippen LogP contribution < -0.4 is 5.11 Å². The summed E-state index contributed by atoms with van der Waals surface area (Å²) in [5.41, 5.74) is -0.329. The highest BCUT2D eigenvalue weighted by molar-refractivity contribution is 7.89. The molecule has 0 N–H and O–H groups in total. The van der Waals surface area contributed by atoms with Crippen LogP contribution in [0.5, 0.6) is 0 Å². The predicted octanol–water partition coefficient (Wildman–Crippen LogP) is 0.734. The van der Waals surface area contributed by atoms with Gasteiger partial charge in [0.15, 0.2) is 0 Å². The van der Waals surface area contributed by atoms with E-state index in [0.29, 0.717) is 13.1 Å². The molecule has 0 atom stereocenters. The first kappa shape index (κ1) is 14.9. The minimum Gasteiger partial charge on any atom is -0.545 e. The fraction of sp³-hybridized carbons (Fsp3) is 0.364. The van der Waals surface area contributed by atoms with Gasteiger partial charge in [0, 0.05) is 23.7 Å². The molecule has 0 amide bonds. The number of hydrogen-bond acceptors (Lipinski definition) is 4. The van der Waals surface area contributed by atoms with Crippen LogP contribution in [-0.2, 0) is 10.0 Å². The van der Waals surface area contributed by atoms with Crippen LogP contribution in [-0.4, -0.2) is 31.8 Å². The van der Waals surface area contributed by atoms with Crippen molar-refractivity contribution in [2.75, 3.05) is 13.1 Å². The van der Waals surface area contributed by atoms with Gasteiger partial charge in [-0.15, -0.1) is 0 Å². The molecule has 100 valence electrons. The lowest BCUT2D eigenvalue weighted by molar-refractivity contribution is -0.255. The van der Waals surface area contributed by atoms with Crippen molar-refractivity contribution in [1.29, 1.82) is 0 Å². The van der Waals surface area contributed by atoms with Crippen molar-refractivity contribution in [3.63, 3.8) is 0 Å². The van der Waals surface area contributed by atoms with E-state index in [4.69, 9.17) is 11.6 Å². The summed E-state index contributed by atoms with van der Waals surface area (Å²) in [7, 11) is -3.69. The molecule has 0 saturated heterocycles. The highest BCUT2D eigenvalue weighted by Crippen LogP contribution is 2.22. The van der Waals surface area contributed by atoms with Crippen molar-refractivity contribution < 1.29 is 18.3 Å². The van der Waals surface area contributed by atoms with E-state index in [9.17, 15) is 18.3 Å². The van der Waals surface area contributed by atoms with Gasteiger partial charge in [0.05, 0.1) is 10.9 Å². The number of aromatic carboxylic acids is 1. The molecule has 1 aromatic carbocycles. The van der Waals surface area contributed by atoms with Gasteiger partial charge < -0.3 is 9.90 Å². The van der Waals surface area contributed by atoms with Crippen LogP contribution in [0.3, 0.4) is 0 Å². The molecular formula is C11H13ClNO4S-. The second kappa shape index (κ2) is 5.69. The van der Waals surface area contributed by atoms with Crippen LogP contribution in [0.4, 0.5) is 0 Å². The zero-order valence-electron chi connectivity index (χ0n) is 10.0. The Balaban J connectivity index is 3.34. The van der Waals surface area contributed by atoms with Crippen molar-refractivity contribution in [2.45, 2.75) is 18.7 Å². The smallest absolute Gasteiger partial charge is 0.243 e. The van der Waals surface area contributed by atoms with Crippen molar-refractivity contribution in [3.05, 3.63) is 28.8 Å². The van der Waals surface area contributed by atoms with E-state index in [-0.39, 0.29) is 15.5 Å². The summed E-state index contributed by atoms with van der Waals surface area (Å²) < 4.78 is 25.5. The lowest BCUT2D eigenvalue weighted by Gasteiger charge is -2.19. The highest BCUT2D eigenvalue weighted by atomic mass is 35.5. The number of carbonyl (C=O) groups is 1. The Kier molecular flexibility index (Phi) is 4.72. The Hall–Kier alpha value is -1.11. The fourth-order valence-electron chi connectivity index (χ4n) is 1.53. The molecule has 5 nitrogen and oxygen atoms in total. The third-order valence-corrected chi connectivity index (χ3v) is 4.88. The zero-order chi connectivity index (χ0) is 13.9. The van der Waals surface area contributed by atoms with Gasteiger partial charge in [-0.1, -0.05) is 25.4 Å². The molecule has 7 heteroatoms. The molecule has 0 bridgehead atoms. The molecule has 0 heterocycles. The molecule has 0 spiro atoms. The van der Waals surface area contributed by atoms with Crippen LogP contribution in [0.15, 0.2) is 23.1 Å². The molecule has 0 saturated carbocycles. The molecule has 0 aliphatic carbocycles. The van der Waals surface area contributed by atoms with E-state index < -0.39 is 16.0 Å². The number of benzene rings is 1. The molecular weight excluding hydrogens is 278 g/mol. The van der Waals surface area contributed by atoms with Crippen molar-refractivity contribution in [3.8, 4) is 0 Å². The summed E-state index contributed by atoms with van der Waals surface area (Å²) in [6, 6.07) is 3.54. The fourth-order valence-corrected chi connectivity index (χ4v) is 3.21. The van der Waals surface area contributed by atoms with E-state index >= 15 is 0 Å². The Morgan fingerprint density at radius 1 is 1.33 bits per heavy atom. The lowest BCUT2D eigenvalue weighted by atomic mass is 10.2. The lowest BCUT2D eigenvalue weighted by Crippen LogP contribution is -2.31. The predicted molar refractivity (Wildman–Crippen MR) is 65.9 cm³/mol. The average molecular weight is 291 g/mol. The number of rotatable bonds is 5. The number of sulfonamides is 1. The summed E-state index contributed by atoms with van der Waals surface area (Å²) in [6.07, 6.45) is 0. The SMILES string of the molecule is CCN(CC)S(=O)(=O)c1ccc(Cl)c(C(=O)[O-])c1. The number of carboxylic acid groups (broad SMARTS) is 1. The maximum Gasteiger partial charge on any atom is 0.243 e. The van der Waals surface area contributed by atoms with Crippen LogP contribution in [0.25, 0.3) is 0 Å². The topological polar surface area (TPSA) is 77.5 Å². The highest BCUT2D eigenvalue weighted by Gasteiger charge is 2.22. The van der Waals surface area contributed by atoms with Gasteiger partial charge >= 0.3 is 0 Å². The second-order valence-corrected chi connectivity index (χ2v) is 5.86. The van der Waals surface area contributed by atoms with Crippen molar-refractivity contribution in [1.82, 2.24) is 4.31 Å². The molecule has 0 aliphatic heterocycles. The van der Waals surface area contributed by atoms with E-state index in [0.717, 1.165) is 6.07 Å². The monoisotopic (exact) mass is 290 g/mol. The number of halogens is 1. The maximum atomic E-state index is 12.2. The summed E-state index contributed by atoms with van der Waals surface area (Å²) in [6.45, 7) is 4.03. The van der Waals surface area contributed by atoms with E-state index in [1.165, 1.54) is 16.4 Å². The van der Waals surface area contributed by atoms with Crippen LogP contribution in [0.1, 0.15) is 24.2 Å². The first-order chi connectivity index (χ1) is 8.34. The first-order valence-electron chi connectivity index (χ1n) is 5.35. The average Bonchev–Trinajstić information content (AvgIpc) is 2.30. The second-order valence-electron chi connectivity index (χ2n) is 3.52. The van der Waals surface area contributed by atoms with Gasteiger partial charge in [0.2, 0.25) is 10.0 Å². The Morgan fingerprint density at radius 2 is 1.89 bits per heavy atom. The van der Waals surface area contributed by atoms with E-state index in [2.05, 4.69) is 0 Å². The van der Waals surface area contributed by atoms with Gasteiger partial charge in [0.1, 0.15) is 0 Å². The summed E-state index contributed by atoms with van der Waals surface area (Å²) in [4.78, 5) is 10.7. The first-order valence-corrected chi connectivity index (χ1v) is 7.17. The molecule has 0 radical (unpaired) electrons. The van der Waals surface area contributed by atoms with Crippen LogP contribution in [0.2, 0.25) is 5.02 Å². The van der Waals surface area contributed by atoms with E-state index in [1.54, 1.807) is 13.8 Å². The standard InChI is InChI=1S/C11H14ClNO4S/c1-3-13(4-2)18(16,17)8-5-6-10(12)9(7-8)11(14)15/h5-7H,3-4H2,1-2H3,(H,14,15)/p-1. The van der Waals surface area contributed by atoms with Crippen molar-refractivity contribution >= 4 is 27.6 Å². The number of carboxylic acids is 1. The quantitative estimate of drug-likeness (QED) is 0.801. The van der Waals surface area contributed by atoms with Gasteiger partial charge in [-0.3, -0.25) is 0 Å².